The van der Waals surface area contributed by atoms with Crippen LogP contribution >= 0.6 is 0 Å². The van der Waals surface area contributed by atoms with Crippen molar-refractivity contribution in [2.75, 3.05) is 37.7 Å². The zero-order valence-electron chi connectivity index (χ0n) is 14.3. The molecule has 10 heteroatoms. The molecule has 2 aliphatic rings. The van der Waals surface area contributed by atoms with Gasteiger partial charge in [-0.1, -0.05) is 6.92 Å². The number of aromatic nitrogens is 2. The highest BCUT2D eigenvalue weighted by molar-refractivity contribution is 7.91. The van der Waals surface area contributed by atoms with E-state index in [-0.39, 0.29) is 17.4 Å². The summed E-state index contributed by atoms with van der Waals surface area (Å²) in [4.78, 5) is 20.0. The van der Waals surface area contributed by atoms with Gasteiger partial charge in [-0.25, -0.2) is 22.2 Å². The van der Waals surface area contributed by atoms with Crippen LogP contribution in [0.3, 0.4) is 0 Å². The standard InChI is InChI=1S/C15H22F2N4O3S/c1-3-25(23,24)5-4-20-6-11(13-12(7-20)18-10-19(13)2)14(22)21-8-15(16,17)9-21/h10-11H,3-9H2,1-2H3/t11-/m1/s1. The van der Waals surface area contributed by atoms with Crippen LogP contribution in [-0.2, 0) is 28.2 Å². The van der Waals surface area contributed by atoms with Crippen LogP contribution in [0.15, 0.2) is 6.33 Å². The van der Waals surface area contributed by atoms with Gasteiger partial charge in [0.05, 0.1) is 42.5 Å². The molecule has 140 valence electrons. The Labute approximate surface area is 145 Å². The van der Waals surface area contributed by atoms with E-state index >= 15 is 0 Å². The second-order valence-corrected chi connectivity index (χ2v) is 9.23. The van der Waals surface area contributed by atoms with Gasteiger partial charge in [-0.2, -0.15) is 0 Å². The van der Waals surface area contributed by atoms with Gasteiger partial charge in [-0.3, -0.25) is 9.69 Å². The van der Waals surface area contributed by atoms with Gasteiger partial charge in [-0.15, -0.1) is 0 Å². The Morgan fingerprint density at radius 3 is 2.68 bits per heavy atom. The van der Waals surface area contributed by atoms with E-state index in [1.165, 1.54) is 0 Å². The number of likely N-dealkylation sites (tertiary alicyclic amines) is 1. The fourth-order valence-electron chi connectivity index (χ4n) is 3.34. The third-order valence-corrected chi connectivity index (χ3v) is 6.50. The summed E-state index contributed by atoms with van der Waals surface area (Å²) in [5.74, 6) is -3.68. The third-order valence-electron chi connectivity index (χ3n) is 4.82. The van der Waals surface area contributed by atoms with E-state index in [0.29, 0.717) is 25.3 Å². The minimum atomic E-state index is -3.12. The number of carbonyl (C=O) groups is 1. The van der Waals surface area contributed by atoms with Crippen molar-refractivity contribution in [2.24, 2.45) is 7.05 Å². The second-order valence-electron chi connectivity index (χ2n) is 6.76. The number of hydrogen-bond donors (Lipinski definition) is 0. The molecule has 7 nitrogen and oxygen atoms in total. The second kappa shape index (κ2) is 6.31. The first-order valence-corrected chi connectivity index (χ1v) is 10.0. The highest BCUT2D eigenvalue weighted by Crippen LogP contribution is 2.33. The van der Waals surface area contributed by atoms with Crippen molar-refractivity contribution in [1.82, 2.24) is 19.4 Å². The van der Waals surface area contributed by atoms with Crippen molar-refractivity contribution in [2.45, 2.75) is 25.3 Å². The van der Waals surface area contributed by atoms with Gasteiger partial charge in [0.25, 0.3) is 5.92 Å². The van der Waals surface area contributed by atoms with E-state index in [1.807, 2.05) is 4.90 Å². The molecular weight excluding hydrogens is 354 g/mol. The lowest BCUT2D eigenvalue weighted by atomic mass is 9.94. The number of amides is 1. The third kappa shape index (κ3) is 3.69. The van der Waals surface area contributed by atoms with Crippen molar-refractivity contribution < 1.29 is 22.0 Å². The molecule has 1 aromatic rings. The van der Waals surface area contributed by atoms with Gasteiger partial charge < -0.3 is 9.47 Å². The maximum absolute atomic E-state index is 13.1. The Morgan fingerprint density at radius 2 is 2.08 bits per heavy atom. The molecule has 0 spiro atoms. The monoisotopic (exact) mass is 376 g/mol. The summed E-state index contributed by atoms with van der Waals surface area (Å²) in [7, 11) is -1.34. The van der Waals surface area contributed by atoms with Crippen LogP contribution < -0.4 is 0 Å². The quantitative estimate of drug-likeness (QED) is 0.736. The molecule has 0 unspecified atom stereocenters. The summed E-state index contributed by atoms with van der Waals surface area (Å²) in [5, 5.41) is 0. The van der Waals surface area contributed by atoms with Crippen molar-refractivity contribution in [3.05, 3.63) is 17.7 Å². The Hall–Kier alpha value is -1.55. The molecule has 0 aliphatic carbocycles. The van der Waals surface area contributed by atoms with E-state index in [0.717, 1.165) is 10.6 Å². The van der Waals surface area contributed by atoms with Crippen LogP contribution in [0.5, 0.6) is 0 Å². The van der Waals surface area contributed by atoms with Crippen molar-refractivity contribution in [3.8, 4) is 0 Å². The van der Waals surface area contributed by atoms with E-state index in [9.17, 15) is 22.0 Å². The van der Waals surface area contributed by atoms with Gasteiger partial charge in [0.2, 0.25) is 5.91 Å². The first-order chi connectivity index (χ1) is 11.6. The highest BCUT2D eigenvalue weighted by atomic mass is 32.2. The molecule has 1 fully saturated rings. The minimum absolute atomic E-state index is 0.00830. The fraction of sp³-hybridized carbons (Fsp3) is 0.733. The minimum Gasteiger partial charge on any atom is -0.337 e. The van der Waals surface area contributed by atoms with Gasteiger partial charge in [0.15, 0.2) is 9.84 Å². The highest BCUT2D eigenvalue weighted by Gasteiger charge is 2.49. The topological polar surface area (TPSA) is 75.5 Å². The number of alkyl halides is 2. The molecule has 0 N–H and O–H groups in total. The molecule has 3 heterocycles. The summed E-state index contributed by atoms with van der Waals surface area (Å²) < 4.78 is 51.4. The molecule has 2 aliphatic heterocycles. The molecular formula is C15H22F2N4O3S. The smallest absolute Gasteiger partial charge is 0.282 e. The van der Waals surface area contributed by atoms with Crippen LogP contribution in [-0.4, -0.2) is 77.3 Å². The number of rotatable bonds is 5. The Bertz CT molecular complexity index is 770. The van der Waals surface area contributed by atoms with E-state index in [4.69, 9.17) is 0 Å². The van der Waals surface area contributed by atoms with Crippen LogP contribution in [0, 0.1) is 0 Å². The molecule has 0 bridgehead atoms. The Kier molecular flexibility index (Phi) is 4.61. The first-order valence-electron chi connectivity index (χ1n) is 8.21. The molecule has 0 radical (unpaired) electrons. The first kappa shape index (κ1) is 18.2. The van der Waals surface area contributed by atoms with E-state index in [2.05, 4.69) is 4.98 Å². The number of aryl methyl sites for hydroxylation is 1. The Morgan fingerprint density at radius 1 is 1.40 bits per heavy atom. The number of nitrogens with zero attached hydrogens (tertiary/aromatic N) is 4. The summed E-state index contributed by atoms with van der Waals surface area (Å²) in [6.07, 6.45) is 1.60. The summed E-state index contributed by atoms with van der Waals surface area (Å²) in [5.41, 5.74) is 1.43. The lowest BCUT2D eigenvalue weighted by molar-refractivity contribution is -0.168. The average Bonchev–Trinajstić information content (AvgIpc) is 2.90. The lowest BCUT2D eigenvalue weighted by Crippen LogP contribution is -2.60. The zero-order valence-corrected chi connectivity index (χ0v) is 15.1. The molecule has 1 saturated heterocycles. The number of carbonyl (C=O) groups excluding carboxylic acids is 1. The van der Waals surface area contributed by atoms with Crippen LogP contribution in [0.1, 0.15) is 24.2 Å². The number of sulfone groups is 1. The fourth-order valence-corrected chi connectivity index (χ4v) is 4.17. The van der Waals surface area contributed by atoms with Crippen LogP contribution in [0.25, 0.3) is 0 Å². The lowest BCUT2D eigenvalue weighted by Gasteiger charge is -2.42. The molecule has 1 amide bonds. The maximum atomic E-state index is 13.1. The predicted molar refractivity (Wildman–Crippen MR) is 87.1 cm³/mol. The summed E-state index contributed by atoms with van der Waals surface area (Å²) in [6, 6.07) is 0. The number of hydrogen-bond acceptors (Lipinski definition) is 5. The maximum Gasteiger partial charge on any atom is 0.282 e. The molecule has 25 heavy (non-hydrogen) atoms. The van der Waals surface area contributed by atoms with Gasteiger partial charge in [0, 0.05) is 32.4 Å². The van der Waals surface area contributed by atoms with Gasteiger partial charge >= 0.3 is 0 Å². The molecule has 1 atom stereocenters. The normalized spacial score (nSPS) is 23.2. The van der Waals surface area contributed by atoms with E-state index < -0.39 is 34.8 Å². The summed E-state index contributed by atoms with van der Waals surface area (Å²) in [6.45, 7) is 1.55. The van der Waals surface area contributed by atoms with Crippen LogP contribution in [0.2, 0.25) is 0 Å². The largest absolute Gasteiger partial charge is 0.337 e. The Balaban J connectivity index is 1.77. The number of halogens is 2. The van der Waals surface area contributed by atoms with E-state index in [1.54, 1.807) is 24.9 Å². The van der Waals surface area contributed by atoms with Gasteiger partial charge in [0.1, 0.15) is 0 Å². The number of imidazole rings is 1. The predicted octanol–water partition coefficient (Wildman–Crippen LogP) is 0.232. The molecule has 1 aromatic heterocycles. The van der Waals surface area contributed by atoms with Crippen molar-refractivity contribution in [1.29, 1.82) is 0 Å². The molecule has 0 saturated carbocycles. The molecule has 3 rings (SSSR count). The SMILES string of the molecule is CCS(=O)(=O)CCN1Cc2ncn(C)c2[C@H](C(=O)N2CC(F)(F)C2)C1. The van der Waals surface area contributed by atoms with Crippen molar-refractivity contribution in [3.63, 3.8) is 0 Å². The van der Waals surface area contributed by atoms with Crippen molar-refractivity contribution >= 4 is 15.7 Å². The zero-order chi connectivity index (χ0) is 18.4. The van der Waals surface area contributed by atoms with Gasteiger partial charge in [-0.05, 0) is 0 Å². The number of fused-ring (bicyclic) bond motifs is 1. The molecule has 0 aromatic carbocycles. The average molecular weight is 376 g/mol. The summed E-state index contributed by atoms with van der Waals surface area (Å²) >= 11 is 0. The van der Waals surface area contributed by atoms with Crippen LogP contribution in [0.4, 0.5) is 8.78 Å².